The predicted octanol–water partition coefficient (Wildman–Crippen LogP) is 0.163. The van der Waals surface area contributed by atoms with Gasteiger partial charge in [-0.1, -0.05) is 18.2 Å². The van der Waals surface area contributed by atoms with Gasteiger partial charge in [-0.2, -0.15) is 0 Å². The summed E-state index contributed by atoms with van der Waals surface area (Å²) in [6.07, 6.45) is 1.05. The van der Waals surface area contributed by atoms with Crippen molar-refractivity contribution in [2.75, 3.05) is 6.26 Å². The molecule has 0 unspecified atom stereocenters. The lowest BCUT2D eigenvalue weighted by molar-refractivity contribution is 0.268. The summed E-state index contributed by atoms with van der Waals surface area (Å²) in [6.45, 7) is -0.378. The zero-order valence-corrected chi connectivity index (χ0v) is 9.92. The normalized spacial score (nSPS) is 11.6. The van der Waals surface area contributed by atoms with Crippen molar-refractivity contribution in [1.29, 1.82) is 0 Å². The van der Waals surface area contributed by atoms with Crippen LogP contribution in [0.5, 0.6) is 0 Å². The maximum absolute atomic E-state index is 11.6. The Balaban J connectivity index is 2.71. The standard InChI is InChI=1S/C10H11N3O3S/c1-17(15,16)10-12-11-9(7-14)13(10)8-5-3-2-4-6-8/h2-6,14H,7H2,1H3. The number of rotatable bonds is 3. The van der Waals surface area contributed by atoms with Gasteiger partial charge in [0.15, 0.2) is 5.82 Å². The first-order chi connectivity index (χ1) is 8.04. The van der Waals surface area contributed by atoms with Crippen LogP contribution in [0.25, 0.3) is 5.69 Å². The van der Waals surface area contributed by atoms with Crippen LogP contribution in [0.1, 0.15) is 5.82 Å². The summed E-state index contributed by atoms with van der Waals surface area (Å²) in [4.78, 5) is 0. The summed E-state index contributed by atoms with van der Waals surface area (Å²) in [6, 6.07) is 8.78. The fourth-order valence-electron chi connectivity index (χ4n) is 1.48. The number of aliphatic hydroxyl groups excluding tert-OH is 1. The van der Waals surface area contributed by atoms with Gasteiger partial charge in [0, 0.05) is 11.9 Å². The molecule has 0 radical (unpaired) electrons. The van der Waals surface area contributed by atoms with Gasteiger partial charge < -0.3 is 5.11 Å². The molecule has 0 saturated carbocycles. The molecule has 2 rings (SSSR count). The fourth-order valence-corrected chi connectivity index (χ4v) is 2.21. The highest BCUT2D eigenvalue weighted by molar-refractivity contribution is 7.90. The van der Waals surface area contributed by atoms with E-state index in [0.29, 0.717) is 5.69 Å². The average Bonchev–Trinajstić information content (AvgIpc) is 2.73. The van der Waals surface area contributed by atoms with Crippen molar-refractivity contribution >= 4 is 9.84 Å². The predicted molar refractivity (Wildman–Crippen MR) is 60.4 cm³/mol. The zero-order chi connectivity index (χ0) is 12.5. The summed E-state index contributed by atoms with van der Waals surface area (Å²) in [5.74, 6) is 0.191. The van der Waals surface area contributed by atoms with Gasteiger partial charge in [0.05, 0.1) is 0 Å². The van der Waals surface area contributed by atoms with Gasteiger partial charge in [-0.05, 0) is 12.1 Å². The maximum Gasteiger partial charge on any atom is 0.254 e. The molecule has 1 aromatic heterocycles. The first-order valence-electron chi connectivity index (χ1n) is 4.84. The Labute approximate surface area is 98.5 Å². The van der Waals surface area contributed by atoms with Crippen LogP contribution in [-0.2, 0) is 16.4 Å². The molecule has 1 N–H and O–H groups in total. The Morgan fingerprint density at radius 3 is 2.41 bits per heavy atom. The van der Waals surface area contributed by atoms with Crippen molar-refractivity contribution in [3.8, 4) is 5.69 Å². The molecule has 0 amide bonds. The smallest absolute Gasteiger partial charge is 0.254 e. The molecule has 0 atom stereocenters. The number of nitrogens with zero attached hydrogens (tertiary/aromatic N) is 3. The summed E-state index contributed by atoms with van der Waals surface area (Å²) >= 11 is 0. The van der Waals surface area contributed by atoms with Crippen molar-refractivity contribution in [2.24, 2.45) is 0 Å². The van der Waals surface area contributed by atoms with Gasteiger partial charge >= 0.3 is 0 Å². The monoisotopic (exact) mass is 253 g/mol. The number of hydrogen-bond acceptors (Lipinski definition) is 5. The molecule has 6 nitrogen and oxygen atoms in total. The minimum absolute atomic E-state index is 0.173. The van der Waals surface area contributed by atoms with E-state index >= 15 is 0 Å². The minimum atomic E-state index is -3.49. The average molecular weight is 253 g/mol. The number of aromatic nitrogens is 3. The quantitative estimate of drug-likeness (QED) is 0.842. The maximum atomic E-state index is 11.6. The van der Waals surface area contributed by atoms with Crippen LogP contribution in [0, 0.1) is 0 Å². The molecular formula is C10H11N3O3S. The number of para-hydroxylation sites is 1. The summed E-state index contributed by atoms with van der Waals surface area (Å²) in [7, 11) is -3.49. The molecule has 17 heavy (non-hydrogen) atoms. The van der Waals surface area contributed by atoms with E-state index in [9.17, 15) is 8.42 Å². The van der Waals surface area contributed by atoms with Crippen molar-refractivity contribution in [3.05, 3.63) is 36.2 Å². The molecule has 90 valence electrons. The fraction of sp³-hybridized carbons (Fsp3) is 0.200. The van der Waals surface area contributed by atoms with Crippen LogP contribution in [-0.4, -0.2) is 34.5 Å². The highest BCUT2D eigenvalue weighted by Crippen LogP contribution is 2.16. The molecular weight excluding hydrogens is 242 g/mol. The topological polar surface area (TPSA) is 85.1 Å². The highest BCUT2D eigenvalue weighted by Gasteiger charge is 2.20. The molecule has 0 saturated heterocycles. The molecule has 0 aliphatic heterocycles. The Morgan fingerprint density at radius 1 is 1.24 bits per heavy atom. The SMILES string of the molecule is CS(=O)(=O)c1nnc(CO)n1-c1ccccc1. The van der Waals surface area contributed by atoms with Gasteiger partial charge in [-0.3, -0.25) is 4.57 Å². The number of hydrogen-bond donors (Lipinski definition) is 1. The van der Waals surface area contributed by atoms with Crippen molar-refractivity contribution in [3.63, 3.8) is 0 Å². The van der Waals surface area contributed by atoms with Crippen LogP contribution >= 0.6 is 0 Å². The number of sulfone groups is 1. The summed E-state index contributed by atoms with van der Waals surface area (Å²) in [5, 5.41) is 16.2. The van der Waals surface area contributed by atoms with Crippen LogP contribution in [0.4, 0.5) is 0 Å². The largest absolute Gasteiger partial charge is 0.388 e. The molecule has 0 fully saturated rings. The first kappa shape index (κ1) is 11.7. The second-order valence-corrected chi connectivity index (χ2v) is 5.41. The summed E-state index contributed by atoms with van der Waals surface area (Å²) in [5.41, 5.74) is 0.599. The van der Waals surface area contributed by atoms with E-state index in [0.717, 1.165) is 6.26 Å². The van der Waals surface area contributed by atoms with E-state index in [-0.39, 0.29) is 17.6 Å². The van der Waals surface area contributed by atoms with E-state index in [4.69, 9.17) is 5.11 Å². The van der Waals surface area contributed by atoms with Crippen LogP contribution in [0.3, 0.4) is 0 Å². The Bertz CT molecular complexity index is 620. The van der Waals surface area contributed by atoms with Crippen LogP contribution < -0.4 is 0 Å². The third-order valence-corrected chi connectivity index (χ3v) is 3.12. The van der Waals surface area contributed by atoms with Gasteiger partial charge in [0.25, 0.3) is 5.16 Å². The molecule has 1 heterocycles. The third-order valence-electron chi connectivity index (χ3n) is 2.19. The molecule has 0 bridgehead atoms. The second-order valence-electron chi connectivity index (χ2n) is 3.50. The van der Waals surface area contributed by atoms with E-state index in [1.165, 1.54) is 4.57 Å². The Kier molecular flexibility index (Phi) is 2.95. The van der Waals surface area contributed by atoms with Crippen molar-refractivity contribution in [1.82, 2.24) is 14.8 Å². The van der Waals surface area contributed by atoms with Crippen LogP contribution in [0.2, 0.25) is 0 Å². The van der Waals surface area contributed by atoms with E-state index in [1.54, 1.807) is 24.3 Å². The van der Waals surface area contributed by atoms with E-state index in [2.05, 4.69) is 10.2 Å². The van der Waals surface area contributed by atoms with Gasteiger partial charge in [-0.15, -0.1) is 10.2 Å². The van der Waals surface area contributed by atoms with Crippen molar-refractivity contribution in [2.45, 2.75) is 11.8 Å². The minimum Gasteiger partial charge on any atom is -0.388 e. The van der Waals surface area contributed by atoms with Crippen molar-refractivity contribution < 1.29 is 13.5 Å². The Morgan fingerprint density at radius 2 is 1.88 bits per heavy atom. The molecule has 1 aromatic carbocycles. The van der Waals surface area contributed by atoms with Crippen LogP contribution in [0.15, 0.2) is 35.5 Å². The van der Waals surface area contributed by atoms with E-state index < -0.39 is 9.84 Å². The number of benzene rings is 1. The van der Waals surface area contributed by atoms with Gasteiger partial charge in [0.2, 0.25) is 9.84 Å². The third kappa shape index (κ3) is 2.20. The molecule has 0 spiro atoms. The molecule has 2 aromatic rings. The highest BCUT2D eigenvalue weighted by atomic mass is 32.2. The van der Waals surface area contributed by atoms with E-state index in [1.807, 2.05) is 6.07 Å². The molecule has 0 aliphatic rings. The van der Waals surface area contributed by atoms with Gasteiger partial charge in [-0.25, -0.2) is 8.42 Å². The lowest BCUT2D eigenvalue weighted by Gasteiger charge is -2.07. The molecule has 7 heteroatoms. The number of aliphatic hydroxyl groups is 1. The van der Waals surface area contributed by atoms with Gasteiger partial charge in [0.1, 0.15) is 6.61 Å². The zero-order valence-electron chi connectivity index (χ0n) is 9.11. The lowest BCUT2D eigenvalue weighted by atomic mass is 10.3. The summed E-state index contributed by atoms with van der Waals surface area (Å²) < 4.78 is 24.4. The molecule has 0 aliphatic carbocycles. The first-order valence-corrected chi connectivity index (χ1v) is 6.74. The lowest BCUT2D eigenvalue weighted by Crippen LogP contribution is -2.10. The Hall–Kier alpha value is -1.73. The second kappa shape index (κ2) is 4.27.